The Morgan fingerprint density at radius 1 is 1.04 bits per heavy atom. The molecule has 136 valence electrons. The molecule has 2 aliphatic heterocycles. The summed E-state index contributed by atoms with van der Waals surface area (Å²) in [5.41, 5.74) is 1.88. The second-order valence-corrected chi connectivity index (χ2v) is 7.84. The van der Waals surface area contributed by atoms with Crippen molar-refractivity contribution in [2.45, 2.75) is 57.4 Å². The first kappa shape index (κ1) is 16.9. The van der Waals surface area contributed by atoms with E-state index < -0.39 is 0 Å². The van der Waals surface area contributed by atoms with Gasteiger partial charge < -0.3 is 9.80 Å². The Labute approximate surface area is 150 Å². The fourth-order valence-electron chi connectivity index (χ4n) is 4.41. The summed E-state index contributed by atoms with van der Waals surface area (Å²) in [6, 6.07) is 4.80. The number of likely N-dealkylation sites (tertiary alicyclic amines) is 2. The third-order valence-corrected chi connectivity index (χ3v) is 6.07. The number of aryl methyl sites for hydroxylation is 1. The highest BCUT2D eigenvalue weighted by Crippen LogP contribution is 2.27. The third kappa shape index (κ3) is 3.70. The van der Waals surface area contributed by atoms with E-state index in [2.05, 4.69) is 32.1 Å². The number of hydrogen-bond donors (Lipinski definition) is 0. The standard InChI is InChI=1S/C19H30N6/c1-15-6-7-18-20-21-19(25(18)22-15)16-8-12-24(13-9-16)14-10-17-5-3-4-11-23(17)2/h6-7,16-17H,3-5,8-14H2,1-2H3. The van der Waals surface area contributed by atoms with Crippen LogP contribution in [0.25, 0.3) is 5.65 Å². The molecule has 4 heterocycles. The summed E-state index contributed by atoms with van der Waals surface area (Å²) in [6.45, 7) is 6.87. The Hall–Kier alpha value is -1.53. The van der Waals surface area contributed by atoms with Crippen molar-refractivity contribution in [3.05, 3.63) is 23.7 Å². The van der Waals surface area contributed by atoms with Crippen LogP contribution in [0.5, 0.6) is 0 Å². The Kier molecular flexibility index (Phi) is 4.99. The van der Waals surface area contributed by atoms with Crippen LogP contribution in [0.4, 0.5) is 0 Å². The van der Waals surface area contributed by atoms with Crippen molar-refractivity contribution in [1.82, 2.24) is 29.6 Å². The van der Waals surface area contributed by atoms with Crippen LogP contribution in [0, 0.1) is 6.92 Å². The minimum absolute atomic E-state index is 0.484. The minimum atomic E-state index is 0.484. The number of piperidine rings is 2. The van der Waals surface area contributed by atoms with Crippen molar-refractivity contribution >= 4 is 5.65 Å². The van der Waals surface area contributed by atoms with Crippen molar-refractivity contribution in [2.24, 2.45) is 0 Å². The molecule has 1 unspecified atom stereocenters. The monoisotopic (exact) mass is 342 g/mol. The SMILES string of the molecule is Cc1ccc2nnc(C3CCN(CCC4CCCCN4C)CC3)n2n1. The smallest absolute Gasteiger partial charge is 0.177 e. The highest BCUT2D eigenvalue weighted by molar-refractivity contribution is 5.36. The number of aromatic nitrogens is 4. The Bertz CT molecular complexity index is 703. The molecule has 0 radical (unpaired) electrons. The van der Waals surface area contributed by atoms with Gasteiger partial charge in [-0.15, -0.1) is 10.2 Å². The normalized spacial score (nSPS) is 24.2. The van der Waals surface area contributed by atoms with Gasteiger partial charge in [0.2, 0.25) is 0 Å². The van der Waals surface area contributed by atoms with Gasteiger partial charge in [0.25, 0.3) is 0 Å². The van der Waals surface area contributed by atoms with Gasteiger partial charge in [0.15, 0.2) is 11.5 Å². The van der Waals surface area contributed by atoms with Gasteiger partial charge in [-0.2, -0.15) is 9.61 Å². The molecule has 6 nitrogen and oxygen atoms in total. The van der Waals surface area contributed by atoms with Gasteiger partial charge in [-0.05, 0) is 84.4 Å². The van der Waals surface area contributed by atoms with Gasteiger partial charge in [0.05, 0.1) is 5.69 Å². The maximum Gasteiger partial charge on any atom is 0.177 e. The predicted octanol–water partition coefficient (Wildman–Crippen LogP) is 2.49. The molecule has 1 atom stereocenters. The van der Waals surface area contributed by atoms with Crippen molar-refractivity contribution in [2.75, 3.05) is 33.2 Å². The molecule has 25 heavy (non-hydrogen) atoms. The molecule has 0 aliphatic carbocycles. The fourth-order valence-corrected chi connectivity index (χ4v) is 4.41. The lowest BCUT2D eigenvalue weighted by Gasteiger charge is -2.36. The van der Waals surface area contributed by atoms with Crippen LogP contribution >= 0.6 is 0 Å². The van der Waals surface area contributed by atoms with Crippen LogP contribution in [0.15, 0.2) is 12.1 Å². The van der Waals surface area contributed by atoms with Gasteiger partial charge in [0.1, 0.15) is 0 Å². The zero-order valence-corrected chi connectivity index (χ0v) is 15.6. The van der Waals surface area contributed by atoms with Crippen LogP contribution in [-0.2, 0) is 0 Å². The van der Waals surface area contributed by atoms with Crippen LogP contribution < -0.4 is 0 Å². The first-order chi connectivity index (χ1) is 12.2. The lowest BCUT2D eigenvalue weighted by atomic mass is 9.95. The van der Waals surface area contributed by atoms with E-state index in [0.717, 1.165) is 36.0 Å². The summed E-state index contributed by atoms with van der Waals surface area (Å²) in [6.07, 6.45) is 7.80. The van der Waals surface area contributed by atoms with Gasteiger partial charge in [0, 0.05) is 12.0 Å². The summed E-state index contributed by atoms with van der Waals surface area (Å²) in [5, 5.41) is 13.3. The molecule has 0 N–H and O–H groups in total. The number of hydrogen-bond acceptors (Lipinski definition) is 5. The van der Waals surface area contributed by atoms with Crippen molar-refractivity contribution in [3.63, 3.8) is 0 Å². The lowest BCUT2D eigenvalue weighted by molar-refractivity contribution is 0.141. The number of rotatable bonds is 4. The topological polar surface area (TPSA) is 49.6 Å². The van der Waals surface area contributed by atoms with Crippen molar-refractivity contribution < 1.29 is 0 Å². The van der Waals surface area contributed by atoms with E-state index in [0.29, 0.717) is 5.92 Å². The van der Waals surface area contributed by atoms with Gasteiger partial charge >= 0.3 is 0 Å². The molecule has 2 aliphatic rings. The maximum absolute atomic E-state index is 4.61. The molecule has 0 aromatic carbocycles. The quantitative estimate of drug-likeness (QED) is 0.854. The molecule has 2 aromatic heterocycles. The Morgan fingerprint density at radius 3 is 2.68 bits per heavy atom. The average molecular weight is 342 g/mol. The highest BCUT2D eigenvalue weighted by atomic mass is 15.4. The van der Waals surface area contributed by atoms with Crippen molar-refractivity contribution in [1.29, 1.82) is 0 Å². The molecule has 2 aromatic rings. The Balaban J connectivity index is 1.32. The van der Waals surface area contributed by atoms with Crippen molar-refractivity contribution in [3.8, 4) is 0 Å². The van der Waals surface area contributed by atoms with E-state index in [4.69, 9.17) is 0 Å². The van der Waals surface area contributed by atoms with E-state index in [1.165, 1.54) is 51.9 Å². The van der Waals surface area contributed by atoms with E-state index in [9.17, 15) is 0 Å². The van der Waals surface area contributed by atoms with Crippen LogP contribution in [-0.4, -0.2) is 68.9 Å². The summed E-state index contributed by atoms with van der Waals surface area (Å²) >= 11 is 0. The molecule has 6 heteroatoms. The molecule has 0 saturated carbocycles. The molecule has 0 amide bonds. The molecule has 4 rings (SSSR count). The van der Waals surface area contributed by atoms with E-state index in [1.807, 2.05) is 23.6 Å². The van der Waals surface area contributed by atoms with E-state index in [1.54, 1.807) is 0 Å². The summed E-state index contributed by atoms with van der Waals surface area (Å²) in [5.74, 6) is 1.53. The van der Waals surface area contributed by atoms with Crippen LogP contribution in [0.3, 0.4) is 0 Å². The minimum Gasteiger partial charge on any atom is -0.303 e. The molecule has 2 fully saturated rings. The van der Waals surface area contributed by atoms with Gasteiger partial charge in [-0.3, -0.25) is 0 Å². The predicted molar refractivity (Wildman–Crippen MR) is 98.8 cm³/mol. The number of nitrogens with zero attached hydrogens (tertiary/aromatic N) is 6. The van der Waals surface area contributed by atoms with E-state index >= 15 is 0 Å². The molecular weight excluding hydrogens is 312 g/mol. The average Bonchev–Trinajstić information content (AvgIpc) is 3.04. The summed E-state index contributed by atoms with van der Waals surface area (Å²) in [4.78, 5) is 5.20. The first-order valence-corrected chi connectivity index (χ1v) is 9.82. The lowest BCUT2D eigenvalue weighted by Crippen LogP contribution is -2.41. The second kappa shape index (κ2) is 7.38. The zero-order valence-electron chi connectivity index (χ0n) is 15.6. The number of fused-ring (bicyclic) bond motifs is 1. The van der Waals surface area contributed by atoms with Crippen LogP contribution in [0.2, 0.25) is 0 Å². The van der Waals surface area contributed by atoms with Crippen LogP contribution in [0.1, 0.15) is 56.0 Å². The molecule has 0 bridgehead atoms. The first-order valence-electron chi connectivity index (χ1n) is 9.82. The largest absolute Gasteiger partial charge is 0.303 e. The van der Waals surface area contributed by atoms with Gasteiger partial charge in [-0.1, -0.05) is 6.42 Å². The molecule has 2 saturated heterocycles. The zero-order chi connectivity index (χ0) is 17.2. The highest BCUT2D eigenvalue weighted by Gasteiger charge is 2.26. The summed E-state index contributed by atoms with van der Waals surface area (Å²) in [7, 11) is 2.29. The van der Waals surface area contributed by atoms with Gasteiger partial charge in [-0.25, -0.2) is 0 Å². The summed E-state index contributed by atoms with van der Waals surface area (Å²) < 4.78 is 1.95. The maximum atomic E-state index is 4.61. The third-order valence-electron chi connectivity index (χ3n) is 6.07. The second-order valence-electron chi connectivity index (χ2n) is 7.84. The fraction of sp³-hybridized carbons (Fsp3) is 0.737. The molecule has 0 spiro atoms. The van der Waals surface area contributed by atoms with E-state index in [-0.39, 0.29) is 0 Å². The Morgan fingerprint density at radius 2 is 1.88 bits per heavy atom. The molecular formula is C19H30N6.